The predicted octanol–water partition coefficient (Wildman–Crippen LogP) is 3.79. The van der Waals surface area contributed by atoms with Gasteiger partial charge < -0.3 is 19.3 Å². The van der Waals surface area contributed by atoms with Crippen LogP contribution in [0.5, 0.6) is 5.75 Å². The third-order valence-corrected chi connectivity index (χ3v) is 7.68. The zero-order valence-corrected chi connectivity index (χ0v) is 25.3. The van der Waals surface area contributed by atoms with E-state index in [9.17, 15) is 35.9 Å². The molecule has 0 bridgehead atoms. The van der Waals surface area contributed by atoms with Crippen LogP contribution in [0.4, 0.5) is 32.3 Å². The number of hydrogen-bond acceptors (Lipinski definition) is 9. The molecule has 0 spiro atoms. The lowest BCUT2D eigenvalue weighted by Crippen LogP contribution is -2.50. The van der Waals surface area contributed by atoms with Crippen molar-refractivity contribution in [2.75, 3.05) is 51.4 Å². The van der Waals surface area contributed by atoms with Crippen molar-refractivity contribution < 1.29 is 40.6 Å². The summed E-state index contributed by atoms with van der Waals surface area (Å²) < 4.78 is 92.9. The summed E-state index contributed by atoms with van der Waals surface area (Å²) in [5.41, 5.74) is -2.64. The molecule has 1 aliphatic heterocycles. The Morgan fingerprint density at radius 1 is 0.957 bits per heavy atom. The van der Waals surface area contributed by atoms with Crippen LogP contribution in [0.3, 0.4) is 0 Å². The Hall–Kier alpha value is -4.74. The number of alkyl halides is 6. The summed E-state index contributed by atoms with van der Waals surface area (Å²) in [6.45, 7) is 2.43. The van der Waals surface area contributed by atoms with Crippen molar-refractivity contribution in [3.63, 3.8) is 0 Å². The lowest BCUT2D eigenvalue weighted by atomic mass is 10.2. The van der Waals surface area contributed by atoms with E-state index in [1.807, 2.05) is 0 Å². The van der Waals surface area contributed by atoms with E-state index in [0.29, 0.717) is 36.8 Å². The minimum Gasteiger partial charge on any atom is -0.497 e. The van der Waals surface area contributed by atoms with Gasteiger partial charge in [-0.1, -0.05) is 12.1 Å². The normalized spacial score (nSPS) is 14.9. The molecule has 1 unspecified atom stereocenters. The van der Waals surface area contributed by atoms with Crippen molar-refractivity contribution in [2.45, 2.75) is 38.3 Å². The second kappa shape index (κ2) is 13.5. The summed E-state index contributed by atoms with van der Waals surface area (Å²) in [6, 6.07) is 6.04. The number of amides is 1. The molecule has 252 valence electrons. The van der Waals surface area contributed by atoms with Crippen LogP contribution >= 0.6 is 0 Å². The second-order valence-electron chi connectivity index (χ2n) is 10.8. The highest BCUT2D eigenvalue weighted by Crippen LogP contribution is 2.34. The molecule has 1 saturated heterocycles. The van der Waals surface area contributed by atoms with Crippen LogP contribution in [0, 0.1) is 0 Å². The van der Waals surface area contributed by atoms with E-state index in [2.05, 4.69) is 20.2 Å². The van der Waals surface area contributed by atoms with Gasteiger partial charge in [-0.3, -0.25) is 14.3 Å². The van der Waals surface area contributed by atoms with E-state index in [1.54, 1.807) is 36.1 Å². The van der Waals surface area contributed by atoms with Crippen LogP contribution in [-0.2, 0) is 28.4 Å². The maximum Gasteiger partial charge on any atom is 0.435 e. The lowest BCUT2D eigenvalue weighted by molar-refractivity contribution is -0.140. The average molecular weight is 669 g/mol. The number of hydrogen-bond donors (Lipinski definition) is 0. The van der Waals surface area contributed by atoms with Crippen molar-refractivity contribution in [1.29, 1.82) is 0 Å². The highest BCUT2D eigenvalue weighted by Gasteiger charge is 2.39. The standard InChI is InChI=1S/C29H30F6N8O4/c1-18(7-12-47-17-23(44)40-8-10-41(11-9-40)27-36-13-20(14-37-27)28(30,31)32)43-22-15-38-42(16-19-3-5-21(46-2)6-4-19)26(45)24(22)25(39-43)29(33,34)35/h3-6,13-15,18H,7-12,16-17H2,1-2H3. The van der Waals surface area contributed by atoms with E-state index in [-0.39, 0.29) is 56.6 Å². The van der Waals surface area contributed by atoms with Gasteiger partial charge in [-0.15, -0.1) is 0 Å². The minimum atomic E-state index is -4.90. The zero-order valence-electron chi connectivity index (χ0n) is 25.3. The molecule has 1 atom stereocenters. The Morgan fingerprint density at radius 2 is 1.62 bits per heavy atom. The molecule has 1 amide bonds. The summed E-state index contributed by atoms with van der Waals surface area (Å²) in [5.74, 6) is 0.387. The molecular formula is C29H30F6N8O4. The Morgan fingerprint density at radius 3 is 2.21 bits per heavy atom. The Bertz CT molecular complexity index is 1750. The van der Waals surface area contributed by atoms with Gasteiger partial charge in [0.15, 0.2) is 5.69 Å². The quantitative estimate of drug-likeness (QED) is 0.184. The van der Waals surface area contributed by atoms with Crippen molar-refractivity contribution in [3.05, 3.63) is 70.0 Å². The molecule has 1 aromatic carbocycles. The number of aromatic nitrogens is 6. The topological polar surface area (TPSA) is 120 Å². The molecule has 0 saturated carbocycles. The maximum atomic E-state index is 14.0. The summed E-state index contributed by atoms with van der Waals surface area (Å²) in [4.78, 5) is 36.6. The number of halogens is 6. The first kappa shape index (κ1) is 33.6. The van der Waals surface area contributed by atoms with Crippen molar-refractivity contribution in [2.24, 2.45) is 0 Å². The molecule has 0 radical (unpaired) electrons. The zero-order chi connectivity index (χ0) is 33.9. The number of piperazine rings is 1. The number of benzene rings is 1. The van der Waals surface area contributed by atoms with Crippen LogP contribution in [0.25, 0.3) is 10.9 Å². The van der Waals surface area contributed by atoms with Gasteiger partial charge in [-0.05, 0) is 31.0 Å². The first-order valence-corrected chi connectivity index (χ1v) is 14.4. The molecule has 12 nitrogen and oxygen atoms in total. The van der Waals surface area contributed by atoms with Gasteiger partial charge in [0.2, 0.25) is 11.9 Å². The van der Waals surface area contributed by atoms with Crippen molar-refractivity contribution in [3.8, 4) is 5.75 Å². The minimum absolute atomic E-state index is 0.0108. The number of nitrogens with zero attached hydrogens (tertiary/aromatic N) is 8. The van der Waals surface area contributed by atoms with Gasteiger partial charge in [0.05, 0.1) is 37.0 Å². The fourth-order valence-electron chi connectivity index (χ4n) is 5.05. The number of methoxy groups -OCH3 is 1. The Balaban J connectivity index is 1.17. The molecule has 5 rings (SSSR count). The van der Waals surface area contributed by atoms with Crippen molar-refractivity contribution in [1.82, 2.24) is 34.4 Å². The van der Waals surface area contributed by atoms with E-state index in [1.165, 1.54) is 18.2 Å². The Kier molecular flexibility index (Phi) is 9.69. The molecule has 4 heterocycles. The van der Waals surface area contributed by atoms with E-state index in [0.717, 1.165) is 9.36 Å². The first-order valence-electron chi connectivity index (χ1n) is 14.4. The van der Waals surface area contributed by atoms with Gasteiger partial charge in [0.25, 0.3) is 5.56 Å². The number of carbonyl (C=O) groups excluding carboxylic acids is 1. The highest BCUT2D eigenvalue weighted by molar-refractivity contribution is 5.81. The summed E-state index contributed by atoms with van der Waals surface area (Å²) in [7, 11) is 1.50. The maximum absolute atomic E-state index is 14.0. The van der Waals surface area contributed by atoms with Crippen LogP contribution in [0.15, 0.2) is 47.7 Å². The molecule has 3 aromatic heterocycles. The van der Waals surface area contributed by atoms with Crippen LogP contribution in [0.1, 0.15) is 36.2 Å². The molecule has 0 N–H and O–H groups in total. The van der Waals surface area contributed by atoms with E-state index >= 15 is 0 Å². The molecule has 4 aromatic rings. The van der Waals surface area contributed by atoms with E-state index < -0.39 is 40.6 Å². The second-order valence-corrected chi connectivity index (χ2v) is 10.8. The molecule has 1 aliphatic rings. The summed E-state index contributed by atoms with van der Waals surface area (Å²) in [5, 5.41) is 7.26. The molecule has 47 heavy (non-hydrogen) atoms. The van der Waals surface area contributed by atoms with Gasteiger partial charge in [-0.25, -0.2) is 14.6 Å². The number of carbonyl (C=O) groups is 1. The third kappa shape index (κ3) is 7.64. The number of ether oxygens (including phenoxy) is 2. The third-order valence-electron chi connectivity index (χ3n) is 7.68. The van der Waals surface area contributed by atoms with Gasteiger partial charge in [-0.2, -0.15) is 36.5 Å². The predicted molar refractivity (Wildman–Crippen MR) is 155 cm³/mol. The lowest BCUT2D eigenvalue weighted by Gasteiger charge is -2.34. The van der Waals surface area contributed by atoms with Crippen LogP contribution in [-0.4, -0.2) is 86.8 Å². The number of anilines is 1. The first-order chi connectivity index (χ1) is 22.3. The highest BCUT2D eigenvalue weighted by atomic mass is 19.4. The average Bonchev–Trinajstić information content (AvgIpc) is 3.46. The summed E-state index contributed by atoms with van der Waals surface area (Å²) >= 11 is 0. The summed E-state index contributed by atoms with van der Waals surface area (Å²) in [6.07, 6.45) is -6.66. The number of rotatable bonds is 10. The smallest absolute Gasteiger partial charge is 0.435 e. The number of fused-ring (bicyclic) bond motifs is 1. The van der Waals surface area contributed by atoms with Crippen LogP contribution < -0.4 is 15.2 Å². The Labute approximate surface area is 263 Å². The largest absolute Gasteiger partial charge is 0.497 e. The van der Waals surface area contributed by atoms with Gasteiger partial charge in [0, 0.05) is 45.2 Å². The van der Waals surface area contributed by atoms with Crippen molar-refractivity contribution >= 4 is 22.8 Å². The molecule has 18 heteroatoms. The molecule has 1 fully saturated rings. The SMILES string of the molecule is COc1ccc(Cn2ncc3c(c(C(F)(F)F)nn3C(C)CCOCC(=O)N3CCN(c4ncc(C(F)(F)F)cn4)CC3)c2=O)cc1. The fraction of sp³-hybridized carbons (Fsp3) is 0.448. The van der Waals surface area contributed by atoms with E-state index in [4.69, 9.17) is 9.47 Å². The molecule has 0 aliphatic carbocycles. The van der Waals surface area contributed by atoms with Gasteiger partial charge in [0.1, 0.15) is 17.7 Å². The monoisotopic (exact) mass is 668 g/mol. The molecular weight excluding hydrogens is 638 g/mol. The fourth-order valence-corrected chi connectivity index (χ4v) is 5.05. The van der Waals surface area contributed by atoms with Gasteiger partial charge >= 0.3 is 12.4 Å². The van der Waals surface area contributed by atoms with Crippen LogP contribution in [0.2, 0.25) is 0 Å².